The average Bonchev–Trinajstić information content (AvgIpc) is 3.35. The molecule has 0 amide bonds. The summed E-state index contributed by atoms with van der Waals surface area (Å²) in [5, 5.41) is 34.7. The zero-order valence-electron chi connectivity index (χ0n) is 16.9. The molecule has 0 unspecified atom stereocenters. The Hall–Kier alpha value is -1.75. The van der Waals surface area contributed by atoms with Crippen molar-refractivity contribution in [3.63, 3.8) is 0 Å². The van der Waals surface area contributed by atoms with Crippen molar-refractivity contribution < 1.29 is 48.7 Å². The van der Waals surface area contributed by atoms with E-state index < -0.39 is 87.9 Å². The number of rotatable bonds is 0. The van der Waals surface area contributed by atoms with Crippen LogP contribution in [-0.4, -0.2) is 75.1 Å². The minimum Gasteiger partial charge on any atom is -0.459 e. The molecule has 3 N–H and O–H groups in total. The molecule has 4 heterocycles. The van der Waals surface area contributed by atoms with Gasteiger partial charge in [-0.3, -0.25) is 4.79 Å². The lowest BCUT2D eigenvalue weighted by Gasteiger charge is -2.47. The summed E-state index contributed by atoms with van der Waals surface area (Å²) in [6, 6.07) is 0. The van der Waals surface area contributed by atoms with Gasteiger partial charge in [-0.05, 0) is 24.7 Å². The van der Waals surface area contributed by atoms with E-state index in [1.54, 1.807) is 0 Å². The molecule has 10 heteroatoms. The lowest BCUT2D eigenvalue weighted by Crippen LogP contribution is -2.67. The molecule has 164 valence electrons. The number of hydrogen-bond acceptors (Lipinski definition) is 10. The van der Waals surface area contributed by atoms with Gasteiger partial charge in [-0.2, -0.15) is 0 Å². The van der Waals surface area contributed by atoms with Crippen molar-refractivity contribution in [2.45, 2.75) is 76.0 Å². The molecule has 0 aromatic carbocycles. The Morgan fingerprint density at radius 1 is 1.03 bits per heavy atom. The van der Waals surface area contributed by atoms with Crippen molar-refractivity contribution in [1.29, 1.82) is 0 Å². The molecule has 6 fully saturated rings. The summed E-state index contributed by atoms with van der Waals surface area (Å²) in [6.45, 7) is 7.14. The van der Waals surface area contributed by atoms with Gasteiger partial charge in [-0.25, -0.2) is 9.59 Å². The molecule has 2 spiro atoms. The predicted octanol–water partition coefficient (Wildman–Crippen LogP) is -1.37. The maximum Gasteiger partial charge on any atom is 0.343 e. The Bertz CT molecular complexity index is 925. The van der Waals surface area contributed by atoms with E-state index in [1.165, 1.54) is 6.92 Å². The Morgan fingerprint density at radius 2 is 1.70 bits per heavy atom. The Labute approximate surface area is 171 Å². The zero-order valence-corrected chi connectivity index (χ0v) is 16.9. The summed E-state index contributed by atoms with van der Waals surface area (Å²) < 4.78 is 22.5. The van der Waals surface area contributed by atoms with Crippen LogP contribution in [0.4, 0.5) is 0 Å². The van der Waals surface area contributed by atoms with Crippen LogP contribution in [0, 0.1) is 28.1 Å². The van der Waals surface area contributed by atoms with Crippen LogP contribution in [0.1, 0.15) is 34.1 Å². The monoisotopic (exact) mass is 424 g/mol. The second-order valence-corrected chi connectivity index (χ2v) is 10.7. The summed E-state index contributed by atoms with van der Waals surface area (Å²) in [5.74, 6) is -4.32. The largest absolute Gasteiger partial charge is 0.459 e. The summed E-state index contributed by atoms with van der Waals surface area (Å²) in [5.41, 5.74) is -8.26. The second-order valence-electron chi connectivity index (χ2n) is 10.7. The molecule has 6 aliphatic rings. The molecule has 4 saturated heterocycles. The molecule has 0 bridgehead atoms. The van der Waals surface area contributed by atoms with Crippen LogP contribution < -0.4 is 0 Å². The molecule has 30 heavy (non-hydrogen) atoms. The topological polar surface area (TPSA) is 149 Å². The molecule has 2 aliphatic carbocycles. The highest BCUT2D eigenvalue weighted by Gasteiger charge is 3.03. The standard InChI is InChI=1S/C20H24O10/c1-6-12(23)28-11-9(21)18-8-5-7(16(2,3)4)17(18)10(22)13(24)29-15(17)30-20(18,14(25)27-8)19(6,11)26/h6-11,15,21-22,26H,5H2,1-4H3/t6-,7+,8-,9+,10+,11-,15-,17-,18+,19-,20-/m1/s1. The molecule has 4 aliphatic heterocycles. The van der Waals surface area contributed by atoms with Crippen molar-refractivity contribution >= 4 is 17.9 Å². The molecular formula is C20H24O10. The highest BCUT2D eigenvalue weighted by molar-refractivity contribution is 5.94. The Balaban J connectivity index is 1.72. The summed E-state index contributed by atoms with van der Waals surface area (Å²) in [6.07, 6.45) is -6.91. The van der Waals surface area contributed by atoms with Gasteiger partial charge in [-0.15, -0.1) is 0 Å². The normalized spacial score (nSPS) is 60.1. The van der Waals surface area contributed by atoms with Crippen LogP contribution >= 0.6 is 0 Å². The van der Waals surface area contributed by atoms with Gasteiger partial charge in [0.1, 0.15) is 12.2 Å². The lowest BCUT2D eigenvalue weighted by molar-refractivity contribution is -0.239. The first kappa shape index (κ1) is 19.0. The van der Waals surface area contributed by atoms with Gasteiger partial charge in [0.15, 0.2) is 17.8 Å². The zero-order chi connectivity index (χ0) is 21.8. The number of carbonyl (C=O) groups excluding carboxylic acids is 3. The lowest BCUT2D eigenvalue weighted by atomic mass is 9.51. The van der Waals surface area contributed by atoms with E-state index in [0.717, 1.165) is 0 Å². The first-order chi connectivity index (χ1) is 13.8. The van der Waals surface area contributed by atoms with Crippen LogP contribution in [0.5, 0.6) is 0 Å². The van der Waals surface area contributed by atoms with Gasteiger partial charge in [0.25, 0.3) is 0 Å². The summed E-state index contributed by atoms with van der Waals surface area (Å²) in [4.78, 5) is 38.2. The minimum atomic E-state index is -2.24. The molecule has 0 aromatic heterocycles. The molecule has 0 radical (unpaired) electrons. The number of fused-ring (bicyclic) bond motifs is 1. The number of hydrogen-bond donors (Lipinski definition) is 3. The first-order valence-corrected chi connectivity index (χ1v) is 10.2. The van der Waals surface area contributed by atoms with Crippen molar-refractivity contribution in [3.05, 3.63) is 0 Å². The van der Waals surface area contributed by atoms with E-state index in [1.807, 2.05) is 20.8 Å². The van der Waals surface area contributed by atoms with Crippen LogP contribution in [-0.2, 0) is 33.3 Å². The van der Waals surface area contributed by atoms with E-state index in [2.05, 4.69) is 0 Å². The third-order valence-corrected chi connectivity index (χ3v) is 9.00. The van der Waals surface area contributed by atoms with E-state index in [0.29, 0.717) is 0 Å². The van der Waals surface area contributed by atoms with Gasteiger partial charge >= 0.3 is 17.9 Å². The third-order valence-electron chi connectivity index (χ3n) is 9.00. The number of aliphatic hydroxyl groups is 3. The Morgan fingerprint density at radius 3 is 2.33 bits per heavy atom. The van der Waals surface area contributed by atoms with Crippen LogP contribution in [0.2, 0.25) is 0 Å². The molecule has 11 atom stereocenters. The smallest absolute Gasteiger partial charge is 0.343 e. The van der Waals surface area contributed by atoms with E-state index in [9.17, 15) is 29.7 Å². The summed E-state index contributed by atoms with van der Waals surface area (Å²) >= 11 is 0. The van der Waals surface area contributed by atoms with Crippen LogP contribution in [0.3, 0.4) is 0 Å². The van der Waals surface area contributed by atoms with Crippen molar-refractivity contribution in [1.82, 2.24) is 0 Å². The van der Waals surface area contributed by atoms with Gasteiger partial charge < -0.3 is 34.3 Å². The maximum absolute atomic E-state index is 13.4. The van der Waals surface area contributed by atoms with E-state index in [4.69, 9.17) is 18.9 Å². The fraction of sp³-hybridized carbons (Fsp3) is 0.850. The van der Waals surface area contributed by atoms with Crippen molar-refractivity contribution in [3.8, 4) is 0 Å². The van der Waals surface area contributed by atoms with E-state index in [-0.39, 0.29) is 6.42 Å². The number of aliphatic hydroxyl groups excluding tert-OH is 2. The number of esters is 3. The number of carbonyl (C=O) groups is 3. The predicted molar refractivity (Wildman–Crippen MR) is 92.0 cm³/mol. The molecule has 6 rings (SSSR count). The van der Waals surface area contributed by atoms with Crippen molar-refractivity contribution in [2.75, 3.05) is 0 Å². The first-order valence-electron chi connectivity index (χ1n) is 10.2. The second kappa shape index (κ2) is 4.69. The van der Waals surface area contributed by atoms with Gasteiger partial charge in [0.05, 0.1) is 16.7 Å². The minimum absolute atomic E-state index is 0.229. The Kier molecular flexibility index (Phi) is 2.97. The molecule has 10 nitrogen and oxygen atoms in total. The average molecular weight is 424 g/mol. The summed E-state index contributed by atoms with van der Waals surface area (Å²) in [7, 11) is 0. The fourth-order valence-electron chi connectivity index (χ4n) is 8.12. The van der Waals surface area contributed by atoms with Crippen LogP contribution in [0.25, 0.3) is 0 Å². The SMILES string of the molecule is C[C@@H]1C(=O)O[C@@H]2[C@H](O)[C@@]34[C@H]5C[C@@H](C(C)(C)C)[C@@]36[C@H](OC(=O)[C@@H]6O)O[C@@]4(C(=O)O5)[C@@]12O. The third kappa shape index (κ3) is 1.33. The van der Waals surface area contributed by atoms with Gasteiger partial charge in [0.2, 0.25) is 11.9 Å². The van der Waals surface area contributed by atoms with E-state index >= 15 is 0 Å². The van der Waals surface area contributed by atoms with Crippen LogP contribution in [0.15, 0.2) is 0 Å². The fourth-order valence-corrected chi connectivity index (χ4v) is 8.12. The maximum atomic E-state index is 13.4. The highest BCUT2D eigenvalue weighted by Crippen LogP contribution is 2.84. The molecular weight excluding hydrogens is 400 g/mol. The van der Waals surface area contributed by atoms with Gasteiger partial charge in [-0.1, -0.05) is 20.8 Å². The number of ether oxygens (including phenoxy) is 4. The van der Waals surface area contributed by atoms with Crippen molar-refractivity contribution in [2.24, 2.45) is 28.1 Å². The highest BCUT2D eigenvalue weighted by atomic mass is 16.8. The van der Waals surface area contributed by atoms with Gasteiger partial charge in [0, 0.05) is 0 Å². The molecule has 2 saturated carbocycles. The quantitative estimate of drug-likeness (QED) is 0.314. The molecule has 0 aromatic rings.